The van der Waals surface area contributed by atoms with Crippen molar-refractivity contribution in [2.45, 2.75) is 44.8 Å². The van der Waals surface area contributed by atoms with Crippen molar-refractivity contribution in [3.8, 4) is 11.4 Å². The van der Waals surface area contributed by atoms with Gasteiger partial charge in [-0.15, -0.1) is 10.2 Å². The van der Waals surface area contributed by atoms with Gasteiger partial charge >= 0.3 is 0 Å². The number of hydrogen-bond acceptors (Lipinski definition) is 4. The molecule has 0 aliphatic heterocycles. The number of aromatic nitrogens is 3. The fourth-order valence-corrected chi connectivity index (χ4v) is 3.94. The van der Waals surface area contributed by atoms with E-state index >= 15 is 0 Å². The molecule has 1 N–H and O–H groups in total. The number of benzene rings is 2. The van der Waals surface area contributed by atoms with Gasteiger partial charge in [-0.3, -0.25) is 4.79 Å². The number of carbonyl (C=O) groups is 1. The Morgan fingerprint density at radius 3 is 2.31 bits per heavy atom. The summed E-state index contributed by atoms with van der Waals surface area (Å²) in [5.74, 6) is 1.03. The Morgan fingerprint density at radius 1 is 1.07 bits per heavy atom. The summed E-state index contributed by atoms with van der Waals surface area (Å²) in [6, 6.07) is 16.0. The SMILES string of the molecule is CCn1c(SCC(=O)Nc2ccc(Br)cc2)nnc1-c1ccc(C(C)(C)C)cc1. The molecular formula is C22H25BrN4OS. The summed E-state index contributed by atoms with van der Waals surface area (Å²) in [6.07, 6.45) is 0. The number of thioether (sulfide) groups is 1. The first-order valence-electron chi connectivity index (χ1n) is 9.50. The molecule has 0 atom stereocenters. The van der Waals surface area contributed by atoms with E-state index in [-0.39, 0.29) is 17.1 Å². The van der Waals surface area contributed by atoms with Crippen molar-refractivity contribution in [1.29, 1.82) is 0 Å². The lowest BCUT2D eigenvalue weighted by Gasteiger charge is -2.19. The number of halogens is 1. The summed E-state index contributed by atoms with van der Waals surface area (Å²) in [7, 11) is 0. The summed E-state index contributed by atoms with van der Waals surface area (Å²) in [6.45, 7) is 9.39. The van der Waals surface area contributed by atoms with E-state index in [9.17, 15) is 4.79 Å². The monoisotopic (exact) mass is 472 g/mol. The molecule has 1 heterocycles. The van der Waals surface area contributed by atoms with Gasteiger partial charge in [-0.1, -0.05) is 72.7 Å². The topological polar surface area (TPSA) is 59.8 Å². The molecule has 3 aromatic rings. The molecule has 0 bridgehead atoms. The third-order valence-corrected chi connectivity index (χ3v) is 6.00. The van der Waals surface area contributed by atoms with Crippen LogP contribution in [0.5, 0.6) is 0 Å². The first kappa shape index (κ1) is 21.6. The Balaban J connectivity index is 1.69. The van der Waals surface area contributed by atoms with Gasteiger partial charge < -0.3 is 9.88 Å². The van der Waals surface area contributed by atoms with Crippen molar-refractivity contribution >= 4 is 39.3 Å². The van der Waals surface area contributed by atoms with Crippen LogP contribution in [0.15, 0.2) is 58.2 Å². The molecule has 0 saturated carbocycles. The molecule has 1 aromatic heterocycles. The maximum Gasteiger partial charge on any atom is 0.234 e. The van der Waals surface area contributed by atoms with Crippen LogP contribution in [0.2, 0.25) is 0 Å². The van der Waals surface area contributed by atoms with Crippen molar-refractivity contribution < 1.29 is 4.79 Å². The first-order valence-corrected chi connectivity index (χ1v) is 11.3. The highest BCUT2D eigenvalue weighted by molar-refractivity contribution is 9.10. The number of hydrogen-bond donors (Lipinski definition) is 1. The van der Waals surface area contributed by atoms with Gasteiger partial charge in [-0.2, -0.15) is 0 Å². The van der Waals surface area contributed by atoms with Crippen LogP contribution in [-0.2, 0) is 16.8 Å². The molecule has 7 heteroatoms. The molecule has 29 heavy (non-hydrogen) atoms. The number of rotatable bonds is 6. The number of anilines is 1. The zero-order valence-corrected chi connectivity index (χ0v) is 19.5. The lowest BCUT2D eigenvalue weighted by molar-refractivity contribution is -0.113. The summed E-state index contributed by atoms with van der Waals surface area (Å²) in [4.78, 5) is 12.3. The fraction of sp³-hybridized carbons (Fsp3) is 0.318. The van der Waals surface area contributed by atoms with Crippen molar-refractivity contribution in [1.82, 2.24) is 14.8 Å². The number of nitrogens with one attached hydrogen (secondary N) is 1. The summed E-state index contributed by atoms with van der Waals surface area (Å²) < 4.78 is 3.02. The smallest absolute Gasteiger partial charge is 0.234 e. The average molecular weight is 473 g/mol. The van der Waals surface area contributed by atoms with Crippen LogP contribution in [0.25, 0.3) is 11.4 Å². The summed E-state index contributed by atoms with van der Waals surface area (Å²) in [5.41, 5.74) is 3.19. The molecule has 3 rings (SSSR count). The van der Waals surface area contributed by atoms with Gasteiger partial charge in [0.05, 0.1) is 5.75 Å². The van der Waals surface area contributed by atoms with Gasteiger partial charge in [0.15, 0.2) is 11.0 Å². The second kappa shape index (κ2) is 9.13. The van der Waals surface area contributed by atoms with Crippen molar-refractivity contribution in [3.05, 3.63) is 58.6 Å². The van der Waals surface area contributed by atoms with Gasteiger partial charge in [-0.25, -0.2) is 0 Å². The van der Waals surface area contributed by atoms with Crippen LogP contribution in [-0.4, -0.2) is 26.4 Å². The van der Waals surface area contributed by atoms with E-state index < -0.39 is 0 Å². The highest BCUT2D eigenvalue weighted by Gasteiger charge is 2.17. The van der Waals surface area contributed by atoms with E-state index in [4.69, 9.17) is 0 Å². The molecule has 2 aromatic carbocycles. The van der Waals surface area contributed by atoms with Crippen molar-refractivity contribution in [3.63, 3.8) is 0 Å². The lowest BCUT2D eigenvalue weighted by Crippen LogP contribution is -2.14. The Hall–Kier alpha value is -2.12. The molecule has 1 amide bonds. The van der Waals surface area contributed by atoms with Crippen LogP contribution in [0, 0.1) is 0 Å². The lowest BCUT2D eigenvalue weighted by atomic mass is 9.87. The molecule has 0 saturated heterocycles. The Bertz CT molecular complexity index is 976. The van der Waals surface area contributed by atoms with Crippen LogP contribution in [0.3, 0.4) is 0 Å². The molecule has 0 unspecified atom stereocenters. The Kier molecular flexibility index (Phi) is 6.80. The van der Waals surface area contributed by atoms with E-state index in [2.05, 4.69) is 83.4 Å². The molecule has 0 radical (unpaired) electrons. The highest BCUT2D eigenvalue weighted by Crippen LogP contribution is 2.27. The maximum atomic E-state index is 12.3. The molecular weight excluding hydrogens is 448 g/mol. The largest absolute Gasteiger partial charge is 0.325 e. The first-order chi connectivity index (χ1) is 13.8. The predicted molar refractivity (Wildman–Crippen MR) is 123 cm³/mol. The van der Waals surface area contributed by atoms with Gasteiger partial charge in [0.25, 0.3) is 0 Å². The van der Waals surface area contributed by atoms with Crippen LogP contribution < -0.4 is 5.32 Å². The average Bonchev–Trinajstić information content (AvgIpc) is 3.10. The normalized spacial score (nSPS) is 11.5. The molecule has 5 nitrogen and oxygen atoms in total. The molecule has 0 fully saturated rings. The second-order valence-corrected chi connectivity index (χ2v) is 9.58. The molecule has 0 aliphatic carbocycles. The standard InChI is InChI=1S/C22H25BrN4OS/c1-5-27-20(15-6-8-16(9-7-15)22(2,3)4)25-26-21(27)29-14-19(28)24-18-12-10-17(23)11-13-18/h6-13H,5,14H2,1-4H3,(H,24,28). The van der Waals surface area contributed by atoms with Gasteiger partial charge in [0, 0.05) is 22.3 Å². The fourth-order valence-electron chi connectivity index (χ4n) is 2.87. The Labute approximate surface area is 184 Å². The number of nitrogens with zero attached hydrogens (tertiary/aromatic N) is 3. The van der Waals surface area contributed by atoms with Gasteiger partial charge in [0.1, 0.15) is 0 Å². The number of carbonyl (C=O) groups excluding carboxylic acids is 1. The minimum atomic E-state index is -0.0703. The van der Waals surface area contributed by atoms with Crippen LogP contribution >= 0.6 is 27.7 Å². The minimum Gasteiger partial charge on any atom is -0.325 e. The maximum absolute atomic E-state index is 12.3. The van der Waals surface area contributed by atoms with E-state index in [1.54, 1.807) is 0 Å². The van der Waals surface area contributed by atoms with E-state index in [0.29, 0.717) is 0 Å². The van der Waals surface area contributed by atoms with Crippen LogP contribution in [0.1, 0.15) is 33.3 Å². The quantitative estimate of drug-likeness (QED) is 0.463. The van der Waals surface area contributed by atoms with Gasteiger partial charge in [0.2, 0.25) is 5.91 Å². The minimum absolute atomic E-state index is 0.0703. The Morgan fingerprint density at radius 2 is 1.72 bits per heavy atom. The summed E-state index contributed by atoms with van der Waals surface area (Å²) >= 11 is 4.78. The third-order valence-electron chi connectivity index (χ3n) is 4.50. The predicted octanol–water partition coefficient (Wildman–Crippen LogP) is 5.76. The zero-order chi connectivity index (χ0) is 21.0. The second-order valence-electron chi connectivity index (χ2n) is 7.72. The summed E-state index contributed by atoms with van der Waals surface area (Å²) in [5, 5.41) is 12.3. The van der Waals surface area contributed by atoms with E-state index in [1.807, 2.05) is 28.8 Å². The van der Waals surface area contributed by atoms with Crippen molar-refractivity contribution in [2.24, 2.45) is 0 Å². The van der Waals surface area contributed by atoms with Crippen molar-refractivity contribution in [2.75, 3.05) is 11.1 Å². The van der Waals surface area contributed by atoms with E-state index in [0.717, 1.165) is 33.2 Å². The molecule has 0 spiro atoms. The zero-order valence-electron chi connectivity index (χ0n) is 17.1. The molecule has 152 valence electrons. The third kappa shape index (κ3) is 5.48. The van der Waals surface area contributed by atoms with E-state index in [1.165, 1.54) is 17.3 Å². The highest BCUT2D eigenvalue weighted by atomic mass is 79.9. The van der Waals surface area contributed by atoms with Crippen LogP contribution in [0.4, 0.5) is 5.69 Å². The molecule has 0 aliphatic rings. The number of amides is 1. The van der Waals surface area contributed by atoms with Gasteiger partial charge in [-0.05, 0) is 42.2 Å².